The van der Waals surface area contributed by atoms with Crippen LogP contribution >= 0.6 is 11.6 Å². The Bertz CT molecular complexity index is 2050. The Hall–Kier alpha value is -3.71. The van der Waals surface area contributed by atoms with Crippen LogP contribution in [0.2, 0.25) is 0 Å². The second-order valence-corrected chi connectivity index (χ2v) is 13.5. The largest absolute Gasteiger partial charge is 1.00 e. The molecule has 0 amide bonds. The van der Waals surface area contributed by atoms with Gasteiger partial charge in [0.1, 0.15) is 16.4 Å². The smallest absolute Gasteiger partial charge is 0.861 e. The molecule has 1 saturated carbocycles. The van der Waals surface area contributed by atoms with E-state index in [-0.39, 0.29) is 76.7 Å². The van der Waals surface area contributed by atoms with E-state index >= 15 is 0 Å². The van der Waals surface area contributed by atoms with Crippen molar-refractivity contribution in [3.8, 4) is 11.5 Å². The van der Waals surface area contributed by atoms with Gasteiger partial charge in [-0.25, -0.2) is 0 Å². The van der Waals surface area contributed by atoms with E-state index in [4.69, 9.17) is 16.3 Å². The molecule has 0 atom stereocenters. The molecule has 13 heteroatoms. The number of nitrogens with one attached hydrogen (secondary N) is 2. The monoisotopic (exact) mass is 709 g/mol. The normalized spacial score (nSPS) is 14.8. The molecule has 3 N–H and O–H groups in total. The van der Waals surface area contributed by atoms with Gasteiger partial charge in [0.05, 0.1) is 29.2 Å². The molecule has 2 aliphatic carbocycles. The average molecular weight is 710 g/mol. The quantitative estimate of drug-likeness (QED) is 0.0645. The van der Waals surface area contributed by atoms with Crippen molar-refractivity contribution in [2.45, 2.75) is 56.5 Å². The zero-order chi connectivity index (χ0) is 34.0. The minimum Gasteiger partial charge on any atom is -0.861 e. The van der Waals surface area contributed by atoms with E-state index in [0.29, 0.717) is 44.9 Å². The molecule has 10 nitrogen and oxygen atoms in total. The second-order valence-electron chi connectivity index (χ2n) is 11.8. The van der Waals surface area contributed by atoms with E-state index in [1.54, 1.807) is 60.7 Å². The van der Waals surface area contributed by atoms with Gasteiger partial charge < -0.3 is 20.5 Å². The van der Waals surface area contributed by atoms with Crippen molar-refractivity contribution in [2.75, 3.05) is 16.5 Å². The fraction of sp³-hybridized carbons (Fsp3) is 0.250. The van der Waals surface area contributed by atoms with E-state index in [9.17, 15) is 27.7 Å². The zero-order valence-corrected chi connectivity index (χ0v) is 30.7. The van der Waals surface area contributed by atoms with Gasteiger partial charge in [0.2, 0.25) is 0 Å². The average Bonchev–Trinajstić information content (AvgIpc) is 3.08. The number of halogens is 1. The summed E-state index contributed by atoms with van der Waals surface area (Å²) >= 11 is 5.50. The van der Waals surface area contributed by atoms with Gasteiger partial charge in [-0.2, -0.15) is 8.42 Å². The van der Waals surface area contributed by atoms with Crippen molar-refractivity contribution < 1.29 is 62.0 Å². The van der Waals surface area contributed by atoms with Crippen molar-refractivity contribution in [1.29, 1.82) is 0 Å². The van der Waals surface area contributed by atoms with Crippen molar-refractivity contribution in [3.63, 3.8) is 0 Å². The van der Waals surface area contributed by atoms with Gasteiger partial charge in [-0.15, -0.1) is 11.6 Å². The molecule has 248 valence electrons. The number of ether oxygens (including phenoxy) is 1. The predicted octanol–water partition coefficient (Wildman–Crippen LogP) is 3.80. The van der Waals surface area contributed by atoms with Crippen molar-refractivity contribution >= 4 is 56.2 Å². The molecule has 0 spiro atoms. The third kappa shape index (κ3) is 7.88. The van der Waals surface area contributed by atoms with Crippen LogP contribution in [0.5, 0.6) is 11.5 Å². The van der Waals surface area contributed by atoms with Gasteiger partial charge in [0, 0.05) is 28.5 Å². The molecule has 1 fully saturated rings. The molecule has 0 bridgehead atoms. The summed E-state index contributed by atoms with van der Waals surface area (Å²) in [6.45, 7) is 1.38. The molecule has 0 aliphatic heterocycles. The summed E-state index contributed by atoms with van der Waals surface area (Å²) in [5.41, 5.74) is 3.69. The van der Waals surface area contributed by atoms with Crippen LogP contribution in [0.4, 0.5) is 17.1 Å². The van der Waals surface area contributed by atoms with Crippen LogP contribution in [0.1, 0.15) is 75.1 Å². The number of anilines is 3. The standard InChI is InChI=1S/C36H34ClN3O7S.Na/c1-21-22(20-38-31(41)19-37)11-18-30(36(21)48(44,45)46)47-25-14-12-24(13-15-25)40-29-17-16-28(39-23-7-3-2-4-8-23)32-33(29)35(43)27-10-6-5-9-26(27)34(32)42;/h5-6,9-18,23,39-40H,2-4,7-8,19-20H2,1H3,(H,38,41)(H,44,45,46);/q;+1/p-1. The number of rotatable bonds is 10. The van der Waals surface area contributed by atoms with Gasteiger partial charge in [-0.05, 0) is 79.3 Å². The van der Waals surface area contributed by atoms with E-state index in [1.165, 1.54) is 19.4 Å². The van der Waals surface area contributed by atoms with E-state index in [1.807, 2.05) is 6.07 Å². The second kappa shape index (κ2) is 15.5. The third-order valence-corrected chi connectivity index (χ3v) is 9.93. The van der Waals surface area contributed by atoms with Gasteiger partial charge in [0.25, 0.3) is 10.1 Å². The fourth-order valence-electron chi connectivity index (χ4n) is 6.30. The number of aliphatic imine (C=N–C) groups is 1. The molecule has 0 aromatic heterocycles. The third-order valence-electron chi connectivity index (χ3n) is 8.68. The van der Waals surface area contributed by atoms with E-state index < -0.39 is 20.9 Å². The number of hydrogen-bond acceptors (Lipinski definition) is 9. The van der Waals surface area contributed by atoms with E-state index in [0.717, 1.165) is 25.7 Å². The number of carbonyl (C=O) groups is 2. The van der Waals surface area contributed by atoms with Crippen molar-refractivity contribution in [2.24, 2.45) is 4.99 Å². The van der Waals surface area contributed by atoms with Gasteiger partial charge in [-0.1, -0.05) is 49.6 Å². The Kier molecular flexibility index (Phi) is 11.5. The predicted molar refractivity (Wildman–Crippen MR) is 183 cm³/mol. The number of benzene rings is 4. The molecule has 4 aromatic rings. The first-order valence-corrected chi connectivity index (χ1v) is 17.6. The Balaban J connectivity index is 0.00000468. The number of ketones is 2. The maximum Gasteiger partial charge on any atom is 1.00 e. The summed E-state index contributed by atoms with van der Waals surface area (Å²) in [6, 6.07) is 20.2. The fourth-order valence-corrected chi connectivity index (χ4v) is 7.26. The van der Waals surface area contributed by atoms with E-state index in [2.05, 4.69) is 15.6 Å². The maximum atomic E-state index is 13.9. The summed E-state index contributed by atoms with van der Waals surface area (Å²) in [5, 5.41) is 18.4. The van der Waals surface area contributed by atoms with Gasteiger partial charge in [0.15, 0.2) is 11.6 Å². The first kappa shape index (κ1) is 36.6. The Labute approximate surface area is 312 Å². The zero-order valence-electron chi connectivity index (χ0n) is 27.1. The number of alkyl halides is 1. The number of nitrogens with zero attached hydrogens (tertiary/aromatic N) is 1. The molecule has 0 radical (unpaired) electrons. The van der Waals surface area contributed by atoms with Gasteiger partial charge >= 0.3 is 29.6 Å². The SMILES string of the molecule is Cc1c(CN=C([O-])CCl)ccc(Oc2ccc(Nc3ccc(NC4CCCCC4)c4c3C(=O)c3ccccc3C4=O)cc2)c1S(=O)(=O)O.[Na+]. The van der Waals surface area contributed by atoms with Gasteiger partial charge in [-0.3, -0.25) is 19.1 Å². The van der Waals surface area contributed by atoms with Crippen LogP contribution in [-0.2, 0) is 16.7 Å². The van der Waals surface area contributed by atoms with Crippen LogP contribution in [-0.4, -0.2) is 42.4 Å². The first-order chi connectivity index (χ1) is 23.0. The summed E-state index contributed by atoms with van der Waals surface area (Å²) in [7, 11) is -4.71. The molecule has 0 saturated heterocycles. The summed E-state index contributed by atoms with van der Waals surface area (Å²) in [5.74, 6) is -1.14. The topological polar surface area (TPSA) is 157 Å². The summed E-state index contributed by atoms with van der Waals surface area (Å²) in [4.78, 5) is 31.1. The maximum absolute atomic E-state index is 13.9. The summed E-state index contributed by atoms with van der Waals surface area (Å²) in [6.07, 6.45) is 5.43. The van der Waals surface area contributed by atoms with Crippen LogP contribution in [0.15, 0.2) is 82.7 Å². The summed E-state index contributed by atoms with van der Waals surface area (Å²) < 4.78 is 40.6. The Morgan fingerprint density at radius 2 is 1.53 bits per heavy atom. The first-order valence-electron chi connectivity index (χ1n) is 15.6. The number of carbonyl (C=O) groups excluding carboxylic acids is 2. The minimum absolute atomic E-state index is 0. The van der Waals surface area contributed by atoms with Crippen LogP contribution < -0.4 is 50.0 Å². The molecule has 49 heavy (non-hydrogen) atoms. The molecular weight excluding hydrogens is 677 g/mol. The van der Waals surface area contributed by atoms with Crippen molar-refractivity contribution in [3.05, 3.63) is 106 Å². The van der Waals surface area contributed by atoms with Crippen LogP contribution in [0.3, 0.4) is 0 Å². The molecule has 0 unspecified atom stereocenters. The minimum atomic E-state index is -4.71. The number of fused-ring (bicyclic) bond motifs is 2. The molecule has 6 rings (SSSR count). The molecule has 2 aliphatic rings. The van der Waals surface area contributed by atoms with Crippen LogP contribution in [0, 0.1) is 6.92 Å². The Morgan fingerprint density at radius 1 is 0.918 bits per heavy atom. The molecule has 0 heterocycles. The molecular formula is C36H33ClN3NaO7S. The molecule has 4 aromatic carbocycles. The Morgan fingerprint density at radius 3 is 2.14 bits per heavy atom. The van der Waals surface area contributed by atoms with Crippen LogP contribution in [0.25, 0.3) is 0 Å². The van der Waals surface area contributed by atoms with Crippen molar-refractivity contribution in [1.82, 2.24) is 0 Å². The number of hydrogen-bond donors (Lipinski definition) is 3.